The minimum atomic E-state index is -3.01. The molecule has 1 fully saturated rings. The van der Waals surface area contributed by atoms with Crippen molar-refractivity contribution < 1.29 is 22.7 Å². The van der Waals surface area contributed by atoms with Gasteiger partial charge < -0.3 is 14.1 Å². The van der Waals surface area contributed by atoms with Crippen molar-refractivity contribution in [2.45, 2.75) is 25.5 Å². The van der Waals surface area contributed by atoms with Gasteiger partial charge in [0, 0.05) is 12.7 Å². The molecule has 2 aromatic heterocycles. The van der Waals surface area contributed by atoms with Gasteiger partial charge in [-0.05, 0) is 37.1 Å². The summed E-state index contributed by atoms with van der Waals surface area (Å²) in [6, 6.07) is 10.8. The Hall–Kier alpha value is -3.36. The second-order valence-electron chi connectivity index (χ2n) is 6.19. The number of benzene rings is 1. The number of hydrogen-bond acceptors (Lipinski definition) is 6. The van der Waals surface area contributed by atoms with Crippen LogP contribution in [-0.4, -0.2) is 39.1 Å². The van der Waals surface area contributed by atoms with Crippen molar-refractivity contribution in [3.8, 4) is 17.3 Å². The third kappa shape index (κ3) is 3.55. The molecular formula is C19H16F2N4O3. The van der Waals surface area contributed by atoms with Gasteiger partial charge in [0.25, 0.3) is 11.8 Å². The normalized spacial score (nSPS) is 16.5. The molecule has 0 aliphatic carbocycles. The molecule has 1 unspecified atom stereocenters. The van der Waals surface area contributed by atoms with Gasteiger partial charge in [-0.2, -0.15) is 8.78 Å². The van der Waals surface area contributed by atoms with Crippen LogP contribution in [-0.2, 0) is 0 Å². The van der Waals surface area contributed by atoms with Crippen LogP contribution >= 0.6 is 0 Å². The van der Waals surface area contributed by atoms with Gasteiger partial charge in [-0.1, -0.05) is 18.2 Å². The summed E-state index contributed by atoms with van der Waals surface area (Å²) in [7, 11) is 0. The molecule has 3 aromatic rings. The molecule has 3 heterocycles. The van der Waals surface area contributed by atoms with Gasteiger partial charge in [0.2, 0.25) is 5.89 Å². The van der Waals surface area contributed by atoms with Crippen molar-refractivity contribution in [1.29, 1.82) is 0 Å². The zero-order valence-electron chi connectivity index (χ0n) is 14.7. The van der Waals surface area contributed by atoms with Crippen LogP contribution in [0.15, 0.2) is 53.1 Å². The standard InChI is InChI=1S/C19H16F2N4O3/c20-19(21)27-15-9-2-1-6-12(15)18(26)25-11-5-8-14(25)17-24-23-16(28-17)13-7-3-4-10-22-13/h1-4,6-7,9-10,14,19H,5,8,11H2. The van der Waals surface area contributed by atoms with E-state index in [0.717, 1.165) is 6.42 Å². The number of ether oxygens (including phenoxy) is 1. The van der Waals surface area contributed by atoms with E-state index in [0.29, 0.717) is 24.6 Å². The highest BCUT2D eigenvalue weighted by molar-refractivity contribution is 5.97. The average Bonchev–Trinajstić information content (AvgIpc) is 3.37. The molecule has 0 saturated carbocycles. The number of amides is 1. The number of para-hydroxylation sites is 1. The Morgan fingerprint density at radius 2 is 2.00 bits per heavy atom. The lowest BCUT2D eigenvalue weighted by molar-refractivity contribution is -0.0503. The van der Waals surface area contributed by atoms with Crippen LogP contribution < -0.4 is 4.74 Å². The molecule has 1 atom stereocenters. The lowest BCUT2D eigenvalue weighted by atomic mass is 10.1. The fourth-order valence-corrected chi connectivity index (χ4v) is 3.23. The molecule has 1 aliphatic heterocycles. The van der Waals surface area contributed by atoms with Crippen LogP contribution in [0.5, 0.6) is 5.75 Å². The van der Waals surface area contributed by atoms with Crippen LogP contribution in [0.3, 0.4) is 0 Å². The van der Waals surface area contributed by atoms with E-state index < -0.39 is 18.6 Å². The quantitative estimate of drug-likeness (QED) is 0.665. The molecule has 0 spiro atoms. The lowest BCUT2D eigenvalue weighted by Crippen LogP contribution is -2.31. The summed E-state index contributed by atoms with van der Waals surface area (Å²) in [5, 5.41) is 8.08. The van der Waals surface area contributed by atoms with Crippen LogP contribution in [0.4, 0.5) is 8.78 Å². The van der Waals surface area contributed by atoms with Crippen molar-refractivity contribution in [2.24, 2.45) is 0 Å². The molecule has 0 bridgehead atoms. The van der Waals surface area contributed by atoms with Crippen molar-refractivity contribution in [3.05, 3.63) is 60.1 Å². The number of hydrogen-bond donors (Lipinski definition) is 0. The maximum absolute atomic E-state index is 13.0. The summed E-state index contributed by atoms with van der Waals surface area (Å²) in [4.78, 5) is 18.7. The molecule has 0 radical (unpaired) electrons. The Kier molecular flexibility index (Phi) is 4.96. The van der Waals surface area contributed by atoms with Crippen molar-refractivity contribution >= 4 is 5.91 Å². The highest BCUT2D eigenvalue weighted by Gasteiger charge is 2.35. The number of nitrogens with zero attached hydrogens (tertiary/aromatic N) is 4. The Bertz CT molecular complexity index is 965. The van der Waals surface area contributed by atoms with E-state index in [9.17, 15) is 13.6 Å². The first-order chi connectivity index (χ1) is 13.6. The first kappa shape index (κ1) is 18.0. The third-order valence-corrected chi connectivity index (χ3v) is 4.46. The maximum atomic E-state index is 13.0. The van der Waals surface area contributed by atoms with Gasteiger partial charge in [-0.3, -0.25) is 9.78 Å². The summed E-state index contributed by atoms with van der Waals surface area (Å²) in [5.74, 6) is -0.0284. The molecule has 1 aliphatic rings. The second-order valence-corrected chi connectivity index (χ2v) is 6.19. The highest BCUT2D eigenvalue weighted by Crippen LogP contribution is 2.35. The average molecular weight is 386 g/mol. The van der Waals surface area contributed by atoms with Gasteiger partial charge in [0.05, 0.1) is 5.56 Å². The Balaban J connectivity index is 1.59. The molecule has 144 valence electrons. The van der Waals surface area contributed by atoms with E-state index in [1.807, 2.05) is 0 Å². The van der Waals surface area contributed by atoms with E-state index >= 15 is 0 Å². The van der Waals surface area contributed by atoms with E-state index in [-0.39, 0.29) is 17.2 Å². The molecule has 4 rings (SSSR count). The van der Waals surface area contributed by atoms with Gasteiger partial charge in [0.15, 0.2) is 0 Å². The molecule has 7 nitrogen and oxygen atoms in total. The zero-order chi connectivity index (χ0) is 19.5. The lowest BCUT2D eigenvalue weighted by Gasteiger charge is -2.23. The number of aromatic nitrogens is 3. The Labute approximate surface area is 159 Å². The van der Waals surface area contributed by atoms with Crippen LogP contribution in [0.2, 0.25) is 0 Å². The second kappa shape index (κ2) is 7.71. The minimum absolute atomic E-state index is 0.0687. The molecule has 1 saturated heterocycles. The van der Waals surface area contributed by atoms with Gasteiger partial charge >= 0.3 is 6.61 Å². The fraction of sp³-hybridized carbons (Fsp3) is 0.263. The molecule has 9 heteroatoms. The predicted molar refractivity (Wildman–Crippen MR) is 93.6 cm³/mol. The van der Waals surface area contributed by atoms with Gasteiger partial charge in [-0.25, -0.2) is 0 Å². The van der Waals surface area contributed by atoms with Crippen molar-refractivity contribution in [1.82, 2.24) is 20.1 Å². The maximum Gasteiger partial charge on any atom is 0.387 e. The van der Waals surface area contributed by atoms with E-state index in [2.05, 4.69) is 19.9 Å². The van der Waals surface area contributed by atoms with E-state index in [1.54, 1.807) is 35.4 Å². The molecule has 28 heavy (non-hydrogen) atoms. The fourth-order valence-electron chi connectivity index (χ4n) is 3.23. The highest BCUT2D eigenvalue weighted by atomic mass is 19.3. The van der Waals surface area contributed by atoms with Crippen LogP contribution in [0, 0.1) is 0 Å². The van der Waals surface area contributed by atoms with E-state index in [4.69, 9.17) is 4.42 Å². The summed E-state index contributed by atoms with van der Waals surface area (Å²) in [5.41, 5.74) is 0.604. The number of carbonyl (C=O) groups is 1. The Morgan fingerprint density at radius 1 is 1.18 bits per heavy atom. The Morgan fingerprint density at radius 3 is 2.79 bits per heavy atom. The number of rotatable bonds is 5. The largest absolute Gasteiger partial charge is 0.434 e. The molecule has 1 amide bonds. The first-order valence-electron chi connectivity index (χ1n) is 8.73. The number of carbonyl (C=O) groups excluding carboxylic acids is 1. The molecule has 1 aromatic carbocycles. The number of halogens is 2. The first-order valence-corrected chi connectivity index (χ1v) is 8.73. The van der Waals surface area contributed by atoms with Crippen molar-refractivity contribution in [3.63, 3.8) is 0 Å². The summed E-state index contributed by atoms with van der Waals surface area (Å²) < 4.78 is 35.5. The smallest absolute Gasteiger partial charge is 0.387 e. The number of alkyl halides is 2. The zero-order valence-corrected chi connectivity index (χ0v) is 14.7. The summed E-state index contributed by atoms with van der Waals surface area (Å²) in [6.45, 7) is -2.56. The number of likely N-dealkylation sites (tertiary alicyclic amines) is 1. The number of pyridine rings is 1. The van der Waals surface area contributed by atoms with Gasteiger partial charge in [-0.15, -0.1) is 10.2 Å². The van der Waals surface area contributed by atoms with Crippen LogP contribution in [0.1, 0.15) is 35.1 Å². The molecule has 0 N–H and O–H groups in total. The monoisotopic (exact) mass is 386 g/mol. The minimum Gasteiger partial charge on any atom is -0.434 e. The van der Waals surface area contributed by atoms with Crippen molar-refractivity contribution in [2.75, 3.05) is 6.54 Å². The summed E-state index contributed by atoms with van der Waals surface area (Å²) in [6.07, 6.45) is 2.98. The molecular weight excluding hydrogens is 370 g/mol. The SMILES string of the molecule is O=C(c1ccccc1OC(F)F)N1CCCC1c1nnc(-c2ccccn2)o1. The summed E-state index contributed by atoms with van der Waals surface area (Å²) >= 11 is 0. The third-order valence-electron chi connectivity index (χ3n) is 4.46. The van der Waals surface area contributed by atoms with E-state index in [1.165, 1.54) is 18.2 Å². The van der Waals surface area contributed by atoms with Gasteiger partial charge in [0.1, 0.15) is 17.5 Å². The topological polar surface area (TPSA) is 81.4 Å². The van der Waals surface area contributed by atoms with Crippen LogP contribution in [0.25, 0.3) is 11.6 Å². The predicted octanol–water partition coefficient (Wildman–Crippen LogP) is 3.71.